The number of nitrogens with zero attached hydrogens (tertiary/aromatic N) is 3. The third-order valence-electron chi connectivity index (χ3n) is 2.61. The van der Waals surface area contributed by atoms with Gasteiger partial charge in [0.2, 0.25) is 5.95 Å². The Morgan fingerprint density at radius 3 is 2.56 bits per heavy atom. The van der Waals surface area contributed by atoms with Crippen molar-refractivity contribution < 1.29 is 4.39 Å². The van der Waals surface area contributed by atoms with Crippen molar-refractivity contribution in [2.45, 2.75) is 13.5 Å². The Bertz CT molecular complexity index is 513. The SMILES string of the molecule is CCN(c1ccc(F)cc1)c1nccc(CN)n1. The van der Waals surface area contributed by atoms with Crippen LogP contribution in [0.4, 0.5) is 16.0 Å². The molecule has 0 aliphatic rings. The van der Waals surface area contributed by atoms with Gasteiger partial charge in [-0.15, -0.1) is 0 Å². The molecular formula is C13H15FN4. The van der Waals surface area contributed by atoms with Crippen LogP contribution in [0.2, 0.25) is 0 Å². The number of aromatic nitrogens is 2. The Hall–Kier alpha value is -2.01. The van der Waals surface area contributed by atoms with Crippen molar-refractivity contribution in [2.75, 3.05) is 11.4 Å². The first-order chi connectivity index (χ1) is 8.74. The van der Waals surface area contributed by atoms with Crippen molar-refractivity contribution in [1.82, 2.24) is 9.97 Å². The normalized spacial score (nSPS) is 10.4. The minimum absolute atomic E-state index is 0.258. The topological polar surface area (TPSA) is 55.0 Å². The summed E-state index contributed by atoms with van der Waals surface area (Å²) in [4.78, 5) is 10.5. The zero-order chi connectivity index (χ0) is 13.0. The van der Waals surface area contributed by atoms with Crippen LogP contribution >= 0.6 is 0 Å². The Balaban J connectivity index is 2.35. The van der Waals surface area contributed by atoms with Gasteiger partial charge in [-0.3, -0.25) is 0 Å². The molecular weight excluding hydrogens is 231 g/mol. The van der Waals surface area contributed by atoms with Gasteiger partial charge in [0.25, 0.3) is 0 Å². The van der Waals surface area contributed by atoms with E-state index in [1.165, 1.54) is 12.1 Å². The average Bonchev–Trinajstić information content (AvgIpc) is 2.42. The van der Waals surface area contributed by atoms with Gasteiger partial charge in [0.05, 0.1) is 5.69 Å². The Kier molecular flexibility index (Phi) is 3.84. The molecule has 2 rings (SSSR count). The Labute approximate surface area is 105 Å². The van der Waals surface area contributed by atoms with Crippen LogP contribution in [0.3, 0.4) is 0 Å². The van der Waals surface area contributed by atoms with Gasteiger partial charge in [-0.1, -0.05) is 0 Å². The number of anilines is 2. The van der Waals surface area contributed by atoms with E-state index >= 15 is 0 Å². The lowest BCUT2D eigenvalue weighted by molar-refractivity contribution is 0.627. The highest BCUT2D eigenvalue weighted by molar-refractivity contribution is 5.56. The highest BCUT2D eigenvalue weighted by Gasteiger charge is 2.10. The van der Waals surface area contributed by atoms with Crippen LogP contribution in [0.1, 0.15) is 12.6 Å². The standard InChI is InChI=1S/C13H15FN4/c1-2-18(12-5-3-10(14)4-6-12)13-16-8-7-11(9-15)17-13/h3-8H,2,9,15H2,1H3. The third-order valence-corrected chi connectivity index (χ3v) is 2.61. The summed E-state index contributed by atoms with van der Waals surface area (Å²) in [5, 5.41) is 0. The molecule has 4 nitrogen and oxygen atoms in total. The molecule has 1 heterocycles. The minimum atomic E-state index is -0.258. The van der Waals surface area contributed by atoms with Gasteiger partial charge in [0.15, 0.2) is 0 Å². The van der Waals surface area contributed by atoms with Crippen molar-refractivity contribution >= 4 is 11.6 Å². The van der Waals surface area contributed by atoms with Gasteiger partial charge in [0, 0.05) is 25.0 Å². The highest BCUT2D eigenvalue weighted by Crippen LogP contribution is 2.21. The first-order valence-electron chi connectivity index (χ1n) is 5.79. The van der Waals surface area contributed by atoms with E-state index in [0.717, 1.165) is 11.4 Å². The van der Waals surface area contributed by atoms with Crippen LogP contribution in [0.15, 0.2) is 36.5 Å². The van der Waals surface area contributed by atoms with Crippen molar-refractivity contribution in [3.63, 3.8) is 0 Å². The molecule has 2 N–H and O–H groups in total. The lowest BCUT2D eigenvalue weighted by atomic mass is 10.3. The second kappa shape index (κ2) is 5.55. The van der Waals surface area contributed by atoms with Crippen LogP contribution < -0.4 is 10.6 Å². The number of rotatable bonds is 4. The molecule has 18 heavy (non-hydrogen) atoms. The monoisotopic (exact) mass is 246 g/mol. The molecule has 0 atom stereocenters. The van der Waals surface area contributed by atoms with E-state index in [1.54, 1.807) is 24.4 Å². The molecule has 1 aromatic carbocycles. The predicted molar refractivity (Wildman–Crippen MR) is 69.0 cm³/mol. The Morgan fingerprint density at radius 2 is 1.94 bits per heavy atom. The van der Waals surface area contributed by atoms with Gasteiger partial charge in [-0.05, 0) is 37.3 Å². The molecule has 94 valence electrons. The average molecular weight is 246 g/mol. The van der Waals surface area contributed by atoms with Crippen LogP contribution in [-0.4, -0.2) is 16.5 Å². The molecule has 0 radical (unpaired) electrons. The van der Waals surface area contributed by atoms with Gasteiger partial charge < -0.3 is 10.6 Å². The van der Waals surface area contributed by atoms with E-state index in [1.807, 2.05) is 11.8 Å². The third kappa shape index (κ3) is 2.62. The number of benzene rings is 1. The highest BCUT2D eigenvalue weighted by atomic mass is 19.1. The van der Waals surface area contributed by atoms with E-state index in [9.17, 15) is 4.39 Å². The first-order valence-corrected chi connectivity index (χ1v) is 5.79. The summed E-state index contributed by atoms with van der Waals surface area (Å²) in [5.41, 5.74) is 7.19. The molecule has 0 spiro atoms. The largest absolute Gasteiger partial charge is 0.325 e. The minimum Gasteiger partial charge on any atom is -0.325 e. The van der Waals surface area contributed by atoms with Gasteiger partial charge in [-0.2, -0.15) is 0 Å². The fourth-order valence-electron chi connectivity index (χ4n) is 1.69. The summed E-state index contributed by atoms with van der Waals surface area (Å²) in [6, 6.07) is 8.03. The molecule has 0 fully saturated rings. The molecule has 0 amide bonds. The van der Waals surface area contributed by atoms with Crippen molar-refractivity contribution in [3.05, 3.63) is 48.0 Å². The predicted octanol–water partition coefficient (Wildman–Crippen LogP) is 2.23. The fourth-order valence-corrected chi connectivity index (χ4v) is 1.69. The quantitative estimate of drug-likeness (QED) is 0.898. The molecule has 1 aromatic heterocycles. The summed E-state index contributed by atoms with van der Waals surface area (Å²) >= 11 is 0. The van der Waals surface area contributed by atoms with Gasteiger partial charge in [-0.25, -0.2) is 14.4 Å². The van der Waals surface area contributed by atoms with Gasteiger partial charge >= 0.3 is 0 Å². The second-order valence-corrected chi connectivity index (χ2v) is 3.77. The van der Waals surface area contributed by atoms with Crippen LogP contribution in [-0.2, 0) is 6.54 Å². The fraction of sp³-hybridized carbons (Fsp3) is 0.231. The van der Waals surface area contributed by atoms with E-state index in [-0.39, 0.29) is 5.82 Å². The Morgan fingerprint density at radius 1 is 1.22 bits per heavy atom. The molecule has 0 unspecified atom stereocenters. The second-order valence-electron chi connectivity index (χ2n) is 3.77. The molecule has 2 aromatic rings. The summed E-state index contributed by atoms with van der Waals surface area (Å²) in [6.07, 6.45) is 1.68. The van der Waals surface area contributed by atoms with E-state index in [4.69, 9.17) is 5.73 Å². The van der Waals surface area contributed by atoms with Crippen LogP contribution in [0, 0.1) is 5.82 Å². The number of nitrogens with two attached hydrogens (primary N) is 1. The van der Waals surface area contributed by atoms with Crippen LogP contribution in [0.25, 0.3) is 0 Å². The maximum absolute atomic E-state index is 12.9. The van der Waals surface area contributed by atoms with Crippen molar-refractivity contribution in [1.29, 1.82) is 0 Å². The summed E-state index contributed by atoms with van der Waals surface area (Å²) in [5.74, 6) is 0.318. The van der Waals surface area contributed by atoms with Crippen LogP contribution in [0.5, 0.6) is 0 Å². The van der Waals surface area contributed by atoms with Crippen molar-refractivity contribution in [3.8, 4) is 0 Å². The smallest absolute Gasteiger partial charge is 0.230 e. The lowest BCUT2D eigenvalue weighted by Gasteiger charge is -2.21. The number of hydrogen-bond donors (Lipinski definition) is 1. The number of hydrogen-bond acceptors (Lipinski definition) is 4. The molecule has 0 bridgehead atoms. The van der Waals surface area contributed by atoms with E-state index in [2.05, 4.69) is 9.97 Å². The van der Waals surface area contributed by atoms with E-state index < -0.39 is 0 Å². The maximum Gasteiger partial charge on any atom is 0.230 e. The maximum atomic E-state index is 12.9. The summed E-state index contributed by atoms with van der Waals surface area (Å²) < 4.78 is 12.9. The molecule has 0 aliphatic carbocycles. The molecule has 0 aliphatic heterocycles. The zero-order valence-corrected chi connectivity index (χ0v) is 10.2. The summed E-state index contributed by atoms with van der Waals surface area (Å²) in [6.45, 7) is 3.05. The van der Waals surface area contributed by atoms with E-state index in [0.29, 0.717) is 19.0 Å². The van der Waals surface area contributed by atoms with Crippen molar-refractivity contribution in [2.24, 2.45) is 5.73 Å². The molecule has 0 saturated carbocycles. The zero-order valence-electron chi connectivity index (χ0n) is 10.2. The molecule has 5 heteroatoms. The lowest BCUT2D eigenvalue weighted by Crippen LogP contribution is -2.19. The summed E-state index contributed by atoms with van der Waals surface area (Å²) in [7, 11) is 0. The first kappa shape index (κ1) is 12.4. The van der Waals surface area contributed by atoms with Gasteiger partial charge in [0.1, 0.15) is 5.82 Å². The molecule has 0 saturated heterocycles. The number of halogens is 1.